The number of hydrogen-bond acceptors (Lipinski definition) is 7. The van der Waals surface area contributed by atoms with Gasteiger partial charge >= 0.3 is 6.01 Å². The molecule has 0 unspecified atom stereocenters. The third kappa shape index (κ3) is 2.97. The zero-order valence-electron chi connectivity index (χ0n) is 14.1. The van der Waals surface area contributed by atoms with E-state index < -0.39 is 0 Å². The first-order valence-electron chi connectivity index (χ1n) is 8.13. The van der Waals surface area contributed by atoms with Crippen LogP contribution >= 0.6 is 0 Å². The molecule has 0 saturated heterocycles. The van der Waals surface area contributed by atoms with Crippen molar-refractivity contribution in [2.75, 3.05) is 18.6 Å². The molecule has 8 nitrogen and oxygen atoms in total. The number of nitro groups is 1. The molecule has 0 spiro atoms. The Labute approximate surface area is 149 Å². The van der Waals surface area contributed by atoms with Crippen molar-refractivity contribution in [3.63, 3.8) is 0 Å². The molecule has 1 aliphatic heterocycles. The summed E-state index contributed by atoms with van der Waals surface area (Å²) in [6, 6.07) is 12.8. The van der Waals surface area contributed by atoms with Crippen molar-refractivity contribution in [3.8, 4) is 17.1 Å². The fourth-order valence-electron chi connectivity index (χ4n) is 3.04. The molecule has 1 aromatic heterocycles. The zero-order chi connectivity index (χ0) is 18.1. The van der Waals surface area contributed by atoms with E-state index in [9.17, 15) is 10.1 Å². The first-order valence-corrected chi connectivity index (χ1v) is 8.13. The van der Waals surface area contributed by atoms with Gasteiger partial charge in [-0.15, -0.1) is 0 Å². The van der Waals surface area contributed by atoms with E-state index in [0.29, 0.717) is 30.7 Å². The Morgan fingerprint density at radius 3 is 2.92 bits per heavy atom. The molecular formula is C18H16N4O4. The Hall–Kier alpha value is -3.42. The first-order chi connectivity index (χ1) is 12.6. The van der Waals surface area contributed by atoms with Gasteiger partial charge in [-0.3, -0.25) is 10.1 Å². The quantitative estimate of drug-likeness (QED) is 0.525. The van der Waals surface area contributed by atoms with Gasteiger partial charge in [0.15, 0.2) is 0 Å². The molecule has 26 heavy (non-hydrogen) atoms. The third-order valence-electron chi connectivity index (χ3n) is 4.43. The highest BCUT2D eigenvalue weighted by Gasteiger charge is 2.23. The van der Waals surface area contributed by atoms with Gasteiger partial charge in [0.1, 0.15) is 5.75 Å². The summed E-state index contributed by atoms with van der Waals surface area (Å²) in [7, 11) is 1.60. The highest BCUT2D eigenvalue weighted by molar-refractivity contribution is 5.58. The summed E-state index contributed by atoms with van der Waals surface area (Å²) >= 11 is 0. The predicted octanol–water partition coefficient (Wildman–Crippen LogP) is 3.22. The topological polar surface area (TPSA) is 94.5 Å². The van der Waals surface area contributed by atoms with Gasteiger partial charge < -0.3 is 14.2 Å². The van der Waals surface area contributed by atoms with Crippen LogP contribution in [0.4, 0.5) is 11.7 Å². The van der Waals surface area contributed by atoms with E-state index in [2.05, 4.69) is 10.1 Å². The molecule has 0 saturated carbocycles. The number of benzene rings is 2. The van der Waals surface area contributed by atoms with Crippen molar-refractivity contribution in [2.24, 2.45) is 0 Å². The van der Waals surface area contributed by atoms with Crippen molar-refractivity contribution in [3.05, 3.63) is 63.7 Å². The molecule has 4 rings (SSSR count). The summed E-state index contributed by atoms with van der Waals surface area (Å²) in [6.07, 6.45) is 0.768. The van der Waals surface area contributed by atoms with Crippen molar-refractivity contribution in [1.82, 2.24) is 10.1 Å². The van der Waals surface area contributed by atoms with Crippen molar-refractivity contribution < 1.29 is 14.2 Å². The minimum Gasteiger partial charge on any atom is -0.497 e. The fraction of sp³-hybridized carbons (Fsp3) is 0.222. The van der Waals surface area contributed by atoms with E-state index in [4.69, 9.17) is 9.26 Å². The molecule has 0 fully saturated rings. The van der Waals surface area contributed by atoms with Crippen LogP contribution < -0.4 is 9.64 Å². The van der Waals surface area contributed by atoms with Gasteiger partial charge in [-0.25, -0.2) is 0 Å². The van der Waals surface area contributed by atoms with Crippen LogP contribution in [0.1, 0.15) is 11.1 Å². The van der Waals surface area contributed by atoms with E-state index in [-0.39, 0.29) is 10.6 Å². The Morgan fingerprint density at radius 1 is 1.23 bits per heavy atom. The summed E-state index contributed by atoms with van der Waals surface area (Å²) in [5.74, 6) is 1.19. The van der Waals surface area contributed by atoms with Crippen LogP contribution in [-0.4, -0.2) is 28.7 Å². The second-order valence-corrected chi connectivity index (χ2v) is 6.01. The highest BCUT2D eigenvalue weighted by Crippen LogP contribution is 2.28. The van der Waals surface area contributed by atoms with E-state index in [1.165, 1.54) is 0 Å². The molecule has 132 valence electrons. The summed E-state index contributed by atoms with van der Waals surface area (Å²) in [6.45, 7) is 1.21. The number of aromatic nitrogens is 2. The smallest absolute Gasteiger partial charge is 0.324 e. The Kier molecular flexibility index (Phi) is 4.00. The third-order valence-corrected chi connectivity index (χ3v) is 4.43. The second-order valence-electron chi connectivity index (χ2n) is 6.01. The number of anilines is 1. The van der Waals surface area contributed by atoms with Crippen LogP contribution in [0, 0.1) is 10.1 Å². The van der Waals surface area contributed by atoms with Crippen LogP contribution in [0.2, 0.25) is 0 Å². The van der Waals surface area contributed by atoms with Crippen molar-refractivity contribution in [1.29, 1.82) is 0 Å². The molecule has 3 aromatic rings. The first kappa shape index (κ1) is 16.1. The zero-order valence-corrected chi connectivity index (χ0v) is 14.1. The maximum absolute atomic E-state index is 11.0. The lowest BCUT2D eigenvalue weighted by molar-refractivity contribution is -0.384. The van der Waals surface area contributed by atoms with Gasteiger partial charge in [0.2, 0.25) is 5.82 Å². The summed E-state index contributed by atoms with van der Waals surface area (Å²) in [5, 5.41) is 15.0. The molecule has 8 heteroatoms. The highest BCUT2D eigenvalue weighted by atomic mass is 16.6. The van der Waals surface area contributed by atoms with E-state index in [0.717, 1.165) is 23.1 Å². The lowest BCUT2D eigenvalue weighted by Crippen LogP contribution is -2.30. The molecule has 2 aromatic carbocycles. The number of methoxy groups -OCH3 is 1. The maximum atomic E-state index is 11.0. The number of fused-ring (bicyclic) bond motifs is 1. The molecule has 0 amide bonds. The van der Waals surface area contributed by atoms with Crippen molar-refractivity contribution in [2.45, 2.75) is 13.0 Å². The fourth-order valence-corrected chi connectivity index (χ4v) is 3.04. The molecule has 0 radical (unpaired) electrons. The van der Waals surface area contributed by atoms with Gasteiger partial charge in [0.25, 0.3) is 5.69 Å². The van der Waals surface area contributed by atoms with E-state index in [1.54, 1.807) is 19.2 Å². The number of nitro benzene ring substituents is 1. The van der Waals surface area contributed by atoms with Gasteiger partial charge in [-0.1, -0.05) is 23.4 Å². The number of rotatable bonds is 4. The number of non-ortho nitro benzene ring substituents is 1. The van der Waals surface area contributed by atoms with Crippen LogP contribution in [0.3, 0.4) is 0 Å². The molecule has 0 aliphatic carbocycles. The number of hydrogen-bond donors (Lipinski definition) is 0. The molecule has 0 atom stereocenters. The maximum Gasteiger partial charge on any atom is 0.324 e. The molecule has 0 bridgehead atoms. The number of nitrogens with zero attached hydrogens (tertiary/aromatic N) is 4. The van der Waals surface area contributed by atoms with Crippen LogP contribution in [-0.2, 0) is 13.0 Å². The van der Waals surface area contributed by atoms with Gasteiger partial charge in [-0.05, 0) is 29.7 Å². The SMILES string of the molecule is COc1cccc(-c2noc(N3CCc4ccc([N+](=O)[O-])cc4C3)n2)c1. The predicted molar refractivity (Wildman–Crippen MR) is 94.1 cm³/mol. The molecular weight excluding hydrogens is 336 g/mol. The van der Waals surface area contributed by atoms with Gasteiger partial charge in [0.05, 0.1) is 12.0 Å². The largest absolute Gasteiger partial charge is 0.497 e. The Bertz CT molecular complexity index is 969. The second kappa shape index (κ2) is 6.47. The monoisotopic (exact) mass is 352 g/mol. The van der Waals surface area contributed by atoms with E-state index >= 15 is 0 Å². The lowest BCUT2D eigenvalue weighted by Gasteiger charge is -2.26. The van der Waals surface area contributed by atoms with Crippen LogP contribution in [0.15, 0.2) is 47.0 Å². The lowest BCUT2D eigenvalue weighted by atomic mass is 9.99. The van der Waals surface area contributed by atoms with Crippen molar-refractivity contribution >= 4 is 11.7 Å². The van der Waals surface area contributed by atoms with Gasteiger partial charge in [0, 0.05) is 30.8 Å². The normalized spacial score (nSPS) is 13.3. The Balaban J connectivity index is 1.58. The summed E-state index contributed by atoms with van der Waals surface area (Å²) < 4.78 is 10.6. The summed E-state index contributed by atoms with van der Waals surface area (Å²) in [4.78, 5) is 17.0. The van der Waals surface area contributed by atoms with Crippen LogP contribution in [0.25, 0.3) is 11.4 Å². The summed E-state index contributed by atoms with van der Waals surface area (Å²) in [5.41, 5.74) is 2.91. The minimum absolute atomic E-state index is 0.0909. The molecule has 1 aliphatic rings. The standard InChI is InChI=1S/C18H16N4O4/c1-25-16-4-2-3-13(10-16)17-19-18(26-20-17)21-8-7-12-5-6-15(22(23)24)9-14(12)11-21/h2-6,9-10H,7-8,11H2,1H3. The molecule has 2 heterocycles. The van der Waals surface area contributed by atoms with Crippen LogP contribution in [0.5, 0.6) is 5.75 Å². The van der Waals surface area contributed by atoms with E-state index in [1.807, 2.05) is 35.2 Å². The average molecular weight is 352 g/mol. The Morgan fingerprint density at radius 2 is 2.12 bits per heavy atom. The number of ether oxygens (including phenoxy) is 1. The average Bonchev–Trinajstić information content (AvgIpc) is 3.17. The minimum atomic E-state index is -0.382. The van der Waals surface area contributed by atoms with Gasteiger partial charge in [-0.2, -0.15) is 4.98 Å². The molecule has 0 N–H and O–H groups in total.